The lowest BCUT2D eigenvalue weighted by molar-refractivity contribution is -0.116. The van der Waals surface area contributed by atoms with Crippen LogP contribution in [0.5, 0.6) is 0 Å². The number of hydrogen-bond donors (Lipinski definition) is 0. The molecule has 3 aromatic heterocycles. The van der Waals surface area contributed by atoms with E-state index in [0.717, 1.165) is 31.7 Å². The molecule has 6 heteroatoms. The van der Waals surface area contributed by atoms with E-state index in [1.165, 1.54) is 18.3 Å². The van der Waals surface area contributed by atoms with E-state index in [4.69, 9.17) is 4.42 Å². The number of aromatic nitrogens is 2. The SMILES string of the molecule is CC(=O)N=c1oc(C)nc2c1sc1nc(C)cc(C)c12. The quantitative estimate of drug-likeness (QED) is 0.637. The number of carbonyl (C=O) groups excluding carboxylic acids is 1. The van der Waals surface area contributed by atoms with Gasteiger partial charge in [-0.1, -0.05) is 0 Å². The maximum Gasteiger partial charge on any atom is 0.245 e. The maximum atomic E-state index is 11.2. The van der Waals surface area contributed by atoms with Gasteiger partial charge in [0.15, 0.2) is 5.89 Å². The second-order valence-electron chi connectivity index (χ2n) is 4.71. The second-order valence-corrected chi connectivity index (χ2v) is 5.71. The number of pyridine rings is 1. The fourth-order valence-corrected chi connectivity index (χ4v) is 3.42. The Morgan fingerprint density at radius 3 is 2.75 bits per heavy atom. The molecular weight excluding hydrogens is 274 g/mol. The molecule has 0 saturated heterocycles. The average Bonchev–Trinajstić information content (AvgIpc) is 2.66. The number of rotatable bonds is 0. The topological polar surface area (TPSA) is 68.3 Å². The van der Waals surface area contributed by atoms with Gasteiger partial charge in [-0.25, -0.2) is 9.97 Å². The van der Waals surface area contributed by atoms with E-state index in [-0.39, 0.29) is 5.91 Å². The van der Waals surface area contributed by atoms with Gasteiger partial charge >= 0.3 is 0 Å². The van der Waals surface area contributed by atoms with Gasteiger partial charge in [0.25, 0.3) is 0 Å². The number of thiophene rings is 1. The predicted octanol–water partition coefficient (Wildman–Crippen LogP) is 2.81. The van der Waals surface area contributed by atoms with Gasteiger partial charge in [-0.15, -0.1) is 11.3 Å². The van der Waals surface area contributed by atoms with E-state index in [0.29, 0.717) is 11.4 Å². The zero-order chi connectivity index (χ0) is 14.4. The first-order valence-electron chi connectivity index (χ1n) is 6.19. The van der Waals surface area contributed by atoms with Crippen LogP contribution in [-0.2, 0) is 4.79 Å². The van der Waals surface area contributed by atoms with Gasteiger partial charge in [-0.3, -0.25) is 4.79 Å². The fourth-order valence-electron chi connectivity index (χ4n) is 2.26. The first-order chi connectivity index (χ1) is 9.45. The first-order valence-corrected chi connectivity index (χ1v) is 7.01. The van der Waals surface area contributed by atoms with E-state index in [2.05, 4.69) is 15.0 Å². The molecule has 1 amide bonds. The van der Waals surface area contributed by atoms with Gasteiger partial charge in [0, 0.05) is 24.9 Å². The molecule has 0 aliphatic carbocycles. The van der Waals surface area contributed by atoms with Crippen LogP contribution in [0.3, 0.4) is 0 Å². The Hall–Kier alpha value is -2.08. The molecule has 0 unspecified atom stereocenters. The van der Waals surface area contributed by atoms with Crippen LogP contribution in [0.25, 0.3) is 20.4 Å². The van der Waals surface area contributed by atoms with Gasteiger partial charge in [0.2, 0.25) is 11.5 Å². The van der Waals surface area contributed by atoms with E-state index in [9.17, 15) is 4.79 Å². The standard InChI is InChI=1S/C14H13N3O2S/c1-6-5-7(2)15-14-10(6)11-12(20-14)13(16-8(3)18)19-9(4)17-11/h5H,1-4H3. The van der Waals surface area contributed by atoms with Crippen molar-refractivity contribution < 1.29 is 9.21 Å². The van der Waals surface area contributed by atoms with Gasteiger partial charge in [0.1, 0.15) is 15.0 Å². The van der Waals surface area contributed by atoms with Gasteiger partial charge in [-0.05, 0) is 25.5 Å². The molecule has 3 rings (SSSR count). The van der Waals surface area contributed by atoms with Crippen molar-refractivity contribution in [1.82, 2.24) is 9.97 Å². The van der Waals surface area contributed by atoms with Crippen molar-refractivity contribution in [3.63, 3.8) is 0 Å². The number of hydrogen-bond acceptors (Lipinski definition) is 5. The number of aryl methyl sites for hydroxylation is 3. The Labute approximate surface area is 119 Å². The van der Waals surface area contributed by atoms with Crippen molar-refractivity contribution in [3.8, 4) is 0 Å². The smallest absolute Gasteiger partial charge is 0.245 e. The third-order valence-electron chi connectivity index (χ3n) is 2.93. The van der Waals surface area contributed by atoms with Crippen LogP contribution in [0.4, 0.5) is 0 Å². The molecule has 0 radical (unpaired) electrons. The van der Waals surface area contributed by atoms with Crippen molar-refractivity contribution in [1.29, 1.82) is 0 Å². The molecule has 3 aromatic rings. The van der Waals surface area contributed by atoms with Crippen LogP contribution in [0, 0.1) is 20.8 Å². The van der Waals surface area contributed by atoms with Gasteiger partial charge in [-0.2, -0.15) is 4.99 Å². The molecule has 102 valence electrons. The van der Waals surface area contributed by atoms with Crippen molar-refractivity contribution in [2.75, 3.05) is 0 Å². The second kappa shape index (κ2) is 4.49. The van der Waals surface area contributed by atoms with Crippen LogP contribution in [-0.4, -0.2) is 15.9 Å². The lowest BCUT2D eigenvalue weighted by Crippen LogP contribution is -2.06. The molecule has 0 aromatic carbocycles. The summed E-state index contributed by atoms with van der Waals surface area (Å²) in [5.41, 5.74) is 3.20. The third kappa shape index (κ3) is 2.02. The zero-order valence-electron chi connectivity index (χ0n) is 11.6. The highest BCUT2D eigenvalue weighted by molar-refractivity contribution is 7.25. The maximum absolute atomic E-state index is 11.2. The minimum atomic E-state index is -0.293. The highest BCUT2D eigenvalue weighted by atomic mass is 32.1. The molecule has 0 aliphatic rings. The number of fused-ring (bicyclic) bond motifs is 3. The lowest BCUT2D eigenvalue weighted by Gasteiger charge is -1.99. The Morgan fingerprint density at radius 2 is 2.05 bits per heavy atom. The molecule has 0 saturated carbocycles. The predicted molar refractivity (Wildman–Crippen MR) is 77.6 cm³/mol. The van der Waals surface area contributed by atoms with Crippen molar-refractivity contribution >= 4 is 37.7 Å². The van der Waals surface area contributed by atoms with Crippen molar-refractivity contribution in [2.24, 2.45) is 4.99 Å². The molecule has 0 atom stereocenters. The Balaban J connectivity index is 2.57. The van der Waals surface area contributed by atoms with Gasteiger partial charge in [0.05, 0.1) is 0 Å². The monoisotopic (exact) mass is 287 g/mol. The summed E-state index contributed by atoms with van der Waals surface area (Å²) in [4.78, 5) is 25.1. The fraction of sp³-hybridized carbons (Fsp3) is 0.286. The molecule has 0 spiro atoms. The molecule has 20 heavy (non-hydrogen) atoms. The van der Waals surface area contributed by atoms with Crippen molar-refractivity contribution in [2.45, 2.75) is 27.7 Å². The highest BCUT2D eigenvalue weighted by Crippen LogP contribution is 2.32. The van der Waals surface area contributed by atoms with E-state index in [1.54, 1.807) is 6.92 Å². The summed E-state index contributed by atoms with van der Waals surface area (Å²) in [6.07, 6.45) is 0. The van der Waals surface area contributed by atoms with Crippen LogP contribution >= 0.6 is 11.3 Å². The first kappa shape index (κ1) is 12.9. The minimum absolute atomic E-state index is 0.293. The number of amides is 1. The zero-order valence-corrected chi connectivity index (χ0v) is 12.5. The summed E-state index contributed by atoms with van der Waals surface area (Å²) in [5, 5.41) is 1.01. The van der Waals surface area contributed by atoms with Crippen LogP contribution < -0.4 is 5.55 Å². The molecule has 3 heterocycles. The van der Waals surface area contributed by atoms with E-state index >= 15 is 0 Å². The van der Waals surface area contributed by atoms with E-state index < -0.39 is 0 Å². The molecule has 0 N–H and O–H groups in total. The summed E-state index contributed by atoms with van der Waals surface area (Å²) < 4.78 is 6.25. The van der Waals surface area contributed by atoms with Crippen LogP contribution in [0.1, 0.15) is 24.1 Å². The minimum Gasteiger partial charge on any atom is -0.423 e. The average molecular weight is 287 g/mol. The summed E-state index contributed by atoms with van der Waals surface area (Å²) in [6.45, 7) is 7.14. The normalized spacial score (nSPS) is 12.5. The molecule has 0 aliphatic heterocycles. The third-order valence-corrected chi connectivity index (χ3v) is 3.99. The Kier molecular flexibility index (Phi) is 2.90. The number of nitrogens with zero attached hydrogens (tertiary/aromatic N) is 3. The van der Waals surface area contributed by atoms with Crippen LogP contribution in [0.15, 0.2) is 15.5 Å². The summed E-state index contributed by atoms with van der Waals surface area (Å²) in [6, 6.07) is 2.03. The lowest BCUT2D eigenvalue weighted by atomic mass is 10.1. The molecule has 0 bridgehead atoms. The Bertz CT molecular complexity index is 921. The largest absolute Gasteiger partial charge is 0.423 e. The highest BCUT2D eigenvalue weighted by Gasteiger charge is 2.14. The summed E-state index contributed by atoms with van der Waals surface area (Å²) in [5.74, 6) is 0.191. The van der Waals surface area contributed by atoms with Crippen molar-refractivity contribution in [3.05, 3.63) is 28.8 Å². The number of carbonyl (C=O) groups is 1. The van der Waals surface area contributed by atoms with Crippen LogP contribution in [0.2, 0.25) is 0 Å². The molecular formula is C14H13N3O2S. The van der Waals surface area contributed by atoms with E-state index in [1.807, 2.05) is 19.9 Å². The molecule has 5 nitrogen and oxygen atoms in total. The molecule has 0 fully saturated rings. The Morgan fingerprint density at radius 1 is 1.30 bits per heavy atom. The summed E-state index contributed by atoms with van der Waals surface area (Å²) in [7, 11) is 0. The summed E-state index contributed by atoms with van der Waals surface area (Å²) >= 11 is 1.45. The van der Waals surface area contributed by atoms with Gasteiger partial charge < -0.3 is 4.42 Å².